The monoisotopic (exact) mass is 259 g/mol. The van der Waals surface area contributed by atoms with Crippen LogP contribution < -0.4 is 5.56 Å². The highest BCUT2D eigenvalue weighted by Crippen LogP contribution is 2.42. The normalized spacial score (nSPS) is 23.9. The third-order valence-electron chi connectivity index (χ3n) is 4.28. The molecule has 1 saturated carbocycles. The number of nitrogens with one attached hydrogen (secondary N) is 1. The van der Waals surface area contributed by atoms with Gasteiger partial charge in [-0.15, -0.1) is 0 Å². The molecule has 1 fully saturated rings. The summed E-state index contributed by atoms with van der Waals surface area (Å²) in [6.45, 7) is 6.87. The van der Waals surface area contributed by atoms with Gasteiger partial charge in [-0.3, -0.25) is 4.79 Å². The highest BCUT2D eigenvalue weighted by molar-refractivity contribution is 5.22. The molecule has 1 aromatic heterocycles. The fourth-order valence-electron chi connectivity index (χ4n) is 2.93. The van der Waals surface area contributed by atoms with Gasteiger partial charge in [0.05, 0.1) is 6.20 Å². The van der Waals surface area contributed by atoms with E-state index in [-0.39, 0.29) is 11.1 Å². The van der Waals surface area contributed by atoms with Crippen LogP contribution in [0.25, 0.3) is 0 Å². The molecular weight excluding hydrogens is 238 g/mol. The minimum Gasteiger partial charge on any atom is -0.309 e. The summed E-state index contributed by atoms with van der Waals surface area (Å²) in [5.74, 6) is 1.82. The molecular formula is C15H21N3O. The van der Waals surface area contributed by atoms with Gasteiger partial charge in [0.2, 0.25) is 0 Å². The Kier molecular flexibility index (Phi) is 3.75. The molecule has 19 heavy (non-hydrogen) atoms. The number of nitrogens with zero attached hydrogens (tertiary/aromatic N) is 2. The molecule has 0 spiro atoms. The van der Waals surface area contributed by atoms with Crippen LogP contribution in [0.2, 0.25) is 0 Å². The Labute approximate surface area is 113 Å². The molecule has 4 nitrogen and oxygen atoms in total. The number of nitriles is 1. The van der Waals surface area contributed by atoms with Crippen LogP contribution in [0.15, 0.2) is 11.0 Å². The van der Waals surface area contributed by atoms with Gasteiger partial charge in [0.15, 0.2) is 0 Å². The smallest absolute Gasteiger partial charge is 0.268 e. The summed E-state index contributed by atoms with van der Waals surface area (Å²) in [5.41, 5.74) is 0.133. The second-order valence-corrected chi connectivity index (χ2v) is 6.54. The van der Waals surface area contributed by atoms with Crippen molar-refractivity contribution >= 4 is 0 Å². The zero-order chi connectivity index (χ0) is 14.0. The van der Waals surface area contributed by atoms with Gasteiger partial charge in [-0.05, 0) is 37.0 Å². The summed E-state index contributed by atoms with van der Waals surface area (Å²) < 4.78 is 0. The minimum absolute atomic E-state index is 0.0899. The molecule has 0 aromatic carbocycles. The van der Waals surface area contributed by atoms with Crippen molar-refractivity contribution in [2.75, 3.05) is 0 Å². The van der Waals surface area contributed by atoms with Crippen molar-refractivity contribution in [3.63, 3.8) is 0 Å². The lowest BCUT2D eigenvalue weighted by atomic mass is 9.70. The molecule has 2 rings (SSSR count). The molecule has 4 heteroatoms. The molecule has 0 saturated heterocycles. The van der Waals surface area contributed by atoms with E-state index < -0.39 is 0 Å². The molecule has 0 radical (unpaired) electrons. The fourth-order valence-corrected chi connectivity index (χ4v) is 2.93. The lowest BCUT2D eigenvalue weighted by Gasteiger charge is -2.36. The first kappa shape index (κ1) is 13.8. The summed E-state index contributed by atoms with van der Waals surface area (Å²) in [6.07, 6.45) is 5.88. The van der Waals surface area contributed by atoms with Crippen LogP contribution in [0.3, 0.4) is 0 Å². The van der Waals surface area contributed by atoms with Crippen molar-refractivity contribution in [1.29, 1.82) is 5.26 Å². The quantitative estimate of drug-likeness (QED) is 0.843. The number of aromatic amines is 1. The van der Waals surface area contributed by atoms with Crippen LogP contribution in [-0.4, -0.2) is 9.97 Å². The van der Waals surface area contributed by atoms with Crippen LogP contribution in [0.5, 0.6) is 0 Å². The number of aromatic nitrogens is 2. The van der Waals surface area contributed by atoms with Crippen LogP contribution in [0.4, 0.5) is 0 Å². The number of H-pyrrole nitrogens is 1. The Hall–Kier alpha value is -1.63. The van der Waals surface area contributed by atoms with E-state index in [0.717, 1.165) is 24.6 Å². The first-order valence-corrected chi connectivity index (χ1v) is 6.91. The van der Waals surface area contributed by atoms with Gasteiger partial charge in [0.25, 0.3) is 5.56 Å². The van der Waals surface area contributed by atoms with Crippen molar-refractivity contribution in [3.05, 3.63) is 27.9 Å². The molecule has 0 atom stereocenters. The maximum atomic E-state index is 11.6. The van der Waals surface area contributed by atoms with E-state index in [2.05, 4.69) is 30.7 Å². The topological polar surface area (TPSA) is 69.5 Å². The summed E-state index contributed by atoms with van der Waals surface area (Å²) in [6, 6.07) is 1.85. The third kappa shape index (κ3) is 3.04. The van der Waals surface area contributed by atoms with E-state index in [4.69, 9.17) is 5.26 Å². The van der Waals surface area contributed by atoms with Crippen molar-refractivity contribution in [3.8, 4) is 6.07 Å². The van der Waals surface area contributed by atoms with Crippen molar-refractivity contribution in [2.24, 2.45) is 11.3 Å². The van der Waals surface area contributed by atoms with Gasteiger partial charge < -0.3 is 4.98 Å². The average Bonchev–Trinajstić information content (AvgIpc) is 2.38. The molecule has 0 bridgehead atoms. The molecule has 1 aliphatic rings. The second kappa shape index (κ2) is 5.16. The lowest BCUT2D eigenvalue weighted by molar-refractivity contribution is 0.167. The van der Waals surface area contributed by atoms with Gasteiger partial charge >= 0.3 is 0 Å². The van der Waals surface area contributed by atoms with Gasteiger partial charge in [0.1, 0.15) is 17.5 Å². The lowest BCUT2D eigenvalue weighted by Crippen LogP contribution is -2.26. The van der Waals surface area contributed by atoms with E-state index in [1.165, 1.54) is 19.0 Å². The van der Waals surface area contributed by atoms with E-state index in [0.29, 0.717) is 11.3 Å². The van der Waals surface area contributed by atoms with Gasteiger partial charge in [-0.2, -0.15) is 5.26 Å². The van der Waals surface area contributed by atoms with E-state index in [9.17, 15) is 4.79 Å². The molecule has 1 aliphatic carbocycles. The average molecular weight is 259 g/mol. The Balaban J connectivity index is 2.08. The predicted octanol–water partition coefficient (Wildman–Crippen LogP) is 2.96. The molecule has 1 N–H and O–H groups in total. The standard InChI is InChI=1S/C15H21N3O/c1-15(2,3)12-6-4-10(5-7-12)13-17-9-11(8-16)14(19)18-13/h9-10,12H,4-7H2,1-3H3,(H,17,18,19). The zero-order valence-electron chi connectivity index (χ0n) is 11.9. The third-order valence-corrected chi connectivity index (χ3v) is 4.28. The molecule has 102 valence electrons. The Morgan fingerprint density at radius 3 is 2.42 bits per heavy atom. The van der Waals surface area contributed by atoms with Crippen LogP contribution >= 0.6 is 0 Å². The Morgan fingerprint density at radius 1 is 1.32 bits per heavy atom. The fraction of sp³-hybridized carbons (Fsp3) is 0.667. The Morgan fingerprint density at radius 2 is 1.95 bits per heavy atom. The Bertz CT molecular complexity index is 540. The van der Waals surface area contributed by atoms with Crippen LogP contribution in [0.1, 0.15) is 63.8 Å². The maximum absolute atomic E-state index is 11.6. The first-order chi connectivity index (χ1) is 8.91. The van der Waals surface area contributed by atoms with Crippen LogP contribution in [-0.2, 0) is 0 Å². The molecule has 1 heterocycles. The number of rotatable bonds is 1. The molecule has 0 amide bonds. The van der Waals surface area contributed by atoms with Crippen molar-refractivity contribution in [2.45, 2.75) is 52.4 Å². The second-order valence-electron chi connectivity index (χ2n) is 6.54. The van der Waals surface area contributed by atoms with Crippen LogP contribution in [0, 0.1) is 22.7 Å². The number of hydrogen-bond acceptors (Lipinski definition) is 3. The highest BCUT2D eigenvalue weighted by atomic mass is 16.1. The highest BCUT2D eigenvalue weighted by Gasteiger charge is 2.31. The zero-order valence-corrected chi connectivity index (χ0v) is 11.9. The van der Waals surface area contributed by atoms with Gasteiger partial charge in [-0.25, -0.2) is 4.98 Å². The van der Waals surface area contributed by atoms with Gasteiger partial charge in [-0.1, -0.05) is 20.8 Å². The minimum atomic E-state index is -0.314. The SMILES string of the molecule is CC(C)(C)C1CCC(c2ncc(C#N)c(=O)[nH]2)CC1. The van der Waals surface area contributed by atoms with E-state index in [1.807, 2.05) is 6.07 Å². The molecule has 0 unspecified atom stereocenters. The van der Waals surface area contributed by atoms with E-state index in [1.54, 1.807) is 0 Å². The summed E-state index contributed by atoms with van der Waals surface area (Å²) in [7, 11) is 0. The largest absolute Gasteiger partial charge is 0.309 e. The summed E-state index contributed by atoms with van der Waals surface area (Å²) in [5, 5.41) is 8.73. The first-order valence-electron chi connectivity index (χ1n) is 6.91. The van der Waals surface area contributed by atoms with E-state index >= 15 is 0 Å². The molecule has 0 aliphatic heterocycles. The van der Waals surface area contributed by atoms with Gasteiger partial charge in [0, 0.05) is 5.92 Å². The number of hydrogen-bond donors (Lipinski definition) is 1. The predicted molar refractivity (Wildman–Crippen MR) is 73.7 cm³/mol. The summed E-state index contributed by atoms with van der Waals surface area (Å²) in [4.78, 5) is 18.6. The summed E-state index contributed by atoms with van der Waals surface area (Å²) >= 11 is 0. The van der Waals surface area contributed by atoms with Crippen molar-refractivity contribution < 1.29 is 0 Å². The molecule has 1 aromatic rings. The van der Waals surface area contributed by atoms with Crippen molar-refractivity contribution in [1.82, 2.24) is 9.97 Å². The maximum Gasteiger partial charge on any atom is 0.268 e.